The monoisotopic (exact) mass is 300 g/mol. The van der Waals surface area contributed by atoms with E-state index >= 15 is 0 Å². The Bertz CT molecular complexity index is 768. The molecule has 2 aromatic carbocycles. The van der Waals surface area contributed by atoms with E-state index in [4.69, 9.17) is 5.73 Å². The van der Waals surface area contributed by atoms with Gasteiger partial charge >= 0.3 is 0 Å². The van der Waals surface area contributed by atoms with Crippen molar-refractivity contribution in [3.63, 3.8) is 0 Å². The molecule has 4 heteroatoms. The van der Waals surface area contributed by atoms with Gasteiger partial charge in [-0.25, -0.2) is 0 Å². The predicted molar refractivity (Wildman–Crippen MR) is 93.0 cm³/mol. The molecule has 4 nitrogen and oxygen atoms in total. The fourth-order valence-electron chi connectivity index (χ4n) is 3.02. The average Bonchev–Trinajstić information content (AvgIpc) is 2.79. The molecule has 0 saturated heterocycles. The molecule has 2 aromatic rings. The van der Waals surface area contributed by atoms with Gasteiger partial charge in [0, 0.05) is 17.6 Å². The third-order valence-electron chi connectivity index (χ3n) is 4.23. The van der Waals surface area contributed by atoms with Crippen molar-refractivity contribution in [1.29, 1.82) is 0 Å². The van der Waals surface area contributed by atoms with Gasteiger partial charge in [0.1, 0.15) is 11.4 Å². The second kappa shape index (κ2) is 5.59. The topological polar surface area (TPSA) is 63.4 Å². The van der Waals surface area contributed by atoms with Crippen molar-refractivity contribution in [3.8, 4) is 0 Å². The van der Waals surface area contributed by atoms with E-state index in [1.165, 1.54) is 11.1 Å². The van der Waals surface area contributed by atoms with E-state index in [1.54, 1.807) is 0 Å². The number of nitrogens with zero attached hydrogens (tertiary/aromatic N) is 1. The van der Waals surface area contributed by atoms with Crippen molar-refractivity contribution in [1.82, 2.24) is 0 Å². The number of aryl methyl sites for hydroxylation is 1. The molecule has 1 aliphatic heterocycles. The molecule has 0 aliphatic carbocycles. The number of hydrogen-bond donors (Lipinski definition) is 1. The second-order valence-electron chi connectivity index (χ2n) is 6.10. The third-order valence-corrected chi connectivity index (χ3v) is 4.23. The summed E-state index contributed by atoms with van der Waals surface area (Å²) >= 11 is 0. The Kier molecular flexibility index (Phi) is 4.14. The molecule has 2 N–H and O–H groups in total. The molecule has 0 saturated carbocycles. The van der Waals surface area contributed by atoms with Crippen molar-refractivity contribution >= 4 is 17.1 Å². The highest BCUT2D eigenvalue weighted by Gasteiger charge is 2.39. The fourth-order valence-corrected chi connectivity index (χ4v) is 3.02. The maximum atomic E-state index is 11.8. The van der Waals surface area contributed by atoms with E-state index in [0.717, 1.165) is 12.1 Å². The van der Waals surface area contributed by atoms with Crippen LogP contribution in [0.5, 0.6) is 0 Å². The van der Waals surface area contributed by atoms with E-state index in [2.05, 4.69) is 39.0 Å². The van der Waals surface area contributed by atoms with Crippen LogP contribution in [-0.2, 0) is 11.8 Å². The highest BCUT2D eigenvalue weighted by atomic mass is 16.2. The Morgan fingerprint density at radius 2 is 1.82 bits per heavy atom. The van der Waals surface area contributed by atoms with Crippen LogP contribution in [0.1, 0.15) is 45.7 Å². The van der Waals surface area contributed by atoms with E-state index in [-0.39, 0.29) is 11.1 Å². The Hall–Kier alpha value is -2.10. The molecule has 0 atom stereocenters. The van der Waals surface area contributed by atoms with Crippen LogP contribution in [0, 0.1) is 0 Å². The maximum absolute atomic E-state index is 11.8. The number of fused-ring (bicyclic) bond motifs is 1. The molecular weight excluding hydrogens is 276 g/mol. The summed E-state index contributed by atoms with van der Waals surface area (Å²) in [5.41, 5.74) is 8.52. The predicted octanol–water partition coefficient (Wildman–Crippen LogP) is 2.88. The molecule has 0 bridgehead atoms. The smallest absolute Gasteiger partial charge is 0.253 e. The van der Waals surface area contributed by atoms with Gasteiger partial charge in [-0.1, -0.05) is 46.8 Å². The van der Waals surface area contributed by atoms with Crippen LogP contribution in [0.4, 0.5) is 17.1 Å². The molecule has 0 aromatic heterocycles. The minimum absolute atomic E-state index is 0.0617. The van der Waals surface area contributed by atoms with E-state index in [0.29, 0.717) is 12.2 Å². The van der Waals surface area contributed by atoms with Gasteiger partial charge in [0.05, 0.1) is 0 Å². The number of nitrogen functional groups attached to an aromatic ring is 1. The average molecular weight is 300 g/mol. The van der Waals surface area contributed by atoms with Crippen molar-refractivity contribution in [2.75, 3.05) is 17.2 Å². The molecule has 0 fully saturated rings. The van der Waals surface area contributed by atoms with Gasteiger partial charge in [0.15, 0.2) is 0 Å². The third kappa shape index (κ3) is 2.23. The van der Waals surface area contributed by atoms with Crippen LogP contribution < -0.4 is 21.5 Å². The van der Waals surface area contributed by atoms with Gasteiger partial charge < -0.3 is 10.6 Å². The van der Waals surface area contributed by atoms with Crippen LogP contribution in [-0.4, -0.2) is 6.54 Å². The fraction of sp³-hybridized carbons (Fsp3) is 0.444. The van der Waals surface area contributed by atoms with Crippen LogP contribution in [0.2, 0.25) is 0 Å². The largest absolute Gasteiger partial charge is 0.394 e. The Labute approximate surface area is 131 Å². The molecule has 0 unspecified atom stereocenters. The van der Waals surface area contributed by atoms with Crippen LogP contribution >= 0.6 is 0 Å². The molecule has 118 valence electrons. The Morgan fingerprint density at radius 3 is 2.36 bits per heavy atom. The van der Waals surface area contributed by atoms with Crippen molar-refractivity contribution < 1.29 is 0 Å². The summed E-state index contributed by atoms with van der Waals surface area (Å²) in [6.45, 7) is 11.0. The maximum Gasteiger partial charge on any atom is 0.253 e. The first-order valence-electron chi connectivity index (χ1n) is 7.86. The van der Waals surface area contributed by atoms with Crippen LogP contribution in [0.25, 0.3) is 0 Å². The molecule has 1 aliphatic rings. The summed E-state index contributed by atoms with van der Waals surface area (Å²) in [4.78, 5) is 25.1. The Balaban J connectivity index is 0.000000847. The SMILES string of the molecule is CC.CCc1ccc2c(c1)N(c1c(N)c(=O)c1=O)CC2(C)C. The van der Waals surface area contributed by atoms with Crippen molar-refractivity contribution in [2.24, 2.45) is 0 Å². The zero-order valence-corrected chi connectivity index (χ0v) is 14.0. The summed E-state index contributed by atoms with van der Waals surface area (Å²) in [6.07, 6.45) is 0.933. The minimum Gasteiger partial charge on any atom is -0.394 e. The van der Waals surface area contributed by atoms with E-state index < -0.39 is 10.9 Å². The molecule has 22 heavy (non-hydrogen) atoms. The summed E-state index contributed by atoms with van der Waals surface area (Å²) < 4.78 is 0. The van der Waals surface area contributed by atoms with Gasteiger partial charge in [0.2, 0.25) is 0 Å². The lowest BCUT2D eigenvalue weighted by Crippen LogP contribution is -2.41. The van der Waals surface area contributed by atoms with Gasteiger partial charge in [-0.15, -0.1) is 0 Å². The first-order valence-corrected chi connectivity index (χ1v) is 7.86. The molecular formula is C18H24N2O2. The van der Waals surface area contributed by atoms with Gasteiger partial charge in [-0.3, -0.25) is 9.59 Å². The molecule has 3 rings (SSSR count). The van der Waals surface area contributed by atoms with E-state index in [9.17, 15) is 9.59 Å². The first-order chi connectivity index (χ1) is 10.4. The first kappa shape index (κ1) is 16.3. The molecule has 0 spiro atoms. The van der Waals surface area contributed by atoms with E-state index in [1.807, 2.05) is 18.7 Å². The highest BCUT2D eigenvalue weighted by Crippen LogP contribution is 2.45. The quantitative estimate of drug-likeness (QED) is 0.866. The van der Waals surface area contributed by atoms with Crippen molar-refractivity contribution in [3.05, 3.63) is 49.8 Å². The van der Waals surface area contributed by atoms with Gasteiger partial charge in [-0.05, 0) is 23.6 Å². The highest BCUT2D eigenvalue weighted by molar-refractivity contribution is 5.82. The molecule has 0 amide bonds. The molecule has 1 heterocycles. The number of nitrogens with two attached hydrogens (primary N) is 1. The second-order valence-corrected chi connectivity index (χ2v) is 6.10. The van der Waals surface area contributed by atoms with Crippen LogP contribution in [0.15, 0.2) is 27.8 Å². The Morgan fingerprint density at radius 1 is 1.18 bits per heavy atom. The zero-order valence-electron chi connectivity index (χ0n) is 14.0. The lowest BCUT2D eigenvalue weighted by molar-refractivity contribution is 0.568. The lowest BCUT2D eigenvalue weighted by atomic mass is 9.86. The normalized spacial score (nSPS) is 15.4. The zero-order chi connectivity index (χ0) is 16.7. The van der Waals surface area contributed by atoms with Crippen LogP contribution in [0.3, 0.4) is 0 Å². The van der Waals surface area contributed by atoms with Gasteiger partial charge in [0.25, 0.3) is 10.9 Å². The number of anilines is 3. The minimum atomic E-state index is -0.557. The number of rotatable bonds is 2. The lowest BCUT2D eigenvalue weighted by Gasteiger charge is -2.24. The number of benzene rings is 1. The summed E-state index contributed by atoms with van der Waals surface area (Å²) in [6, 6.07) is 6.34. The summed E-state index contributed by atoms with van der Waals surface area (Å²) in [7, 11) is 0. The molecule has 0 radical (unpaired) electrons. The standard InChI is InChI=1S/C16H18N2O2.C2H6/c1-4-9-5-6-10-11(7-9)18(8-16(10,2)3)13-12(17)14(19)15(13)20;1-2/h5-7H,4,8,17H2,1-3H3;1-2H3. The summed E-state index contributed by atoms with van der Waals surface area (Å²) in [5.74, 6) is 0. The van der Waals surface area contributed by atoms with Gasteiger partial charge in [-0.2, -0.15) is 0 Å². The summed E-state index contributed by atoms with van der Waals surface area (Å²) in [5, 5.41) is 0. The number of hydrogen-bond acceptors (Lipinski definition) is 4. The van der Waals surface area contributed by atoms with Crippen molar-refractivity contribution in [2.45, 2.75) is 46.5 Å².